The molecular formula is C76H127NO18. The number of aliphatic hydroxyl groups excluding tert-OH is 11. The summed E-state index contributed by atoms with van der Waals surface area (Å²) in [6.07, 6.45) is 50.2. The molecule has 3 fully saturated rings. The molecule has 3 heterocycles. The van der Waals surface area contributed by atoms with Gasteiger partial charge in [0.25, 0.3) is 0 Å². The molecule has 0 aromatic rings. The quantitative estimate of drug-likeness (QED) is 0.0199. The van der Waals surface area contributed by atoms with Crippen molar-refractivity contribution >= 4 is 5.91 Å². The predicted octanol–water partition coefficient (Wildman–Crippen LogP) is 10.4. The molecule has 3 aliphatic heterocycles. The van der Waals surface area contributed by atoms with Crippen molar-refractivity contribution in [2.45, 2.75) is 324 Å². The Hall–Kier alpha value is -3.81. The van der Waals surface area contributed by atoms with Crippen LogP contribution in [-0.4, -0.2) is 193 Å². The van der Waals surface area contributed by atoms with Crippen LogP contribution in [0.15, 0.2) is 122 Å². The van der Waals surface area contributed by atoms with Gasteiger partial charge in [0, 0.05) is 6.42 Å². The van der Waals surface area contributed by atoms with Crippen molar-refractivity contribution in [3.05, 3.63) is 122 Å². The lowest BCUT2D eigenvalue weighted by Gasteiger charge is -2.48. The van der Waals surface area contributed by atoms with Crippen molar-refractivity contribution < 1.29 is 89.4 Å². The normalized spacial score (nSPS) is 27.9. The zero-order valence-corrected chi connectivity index (χ0v) is 57.6. The minimum absolute atomic E-state index is 0.197. The van der Waals surface area contributed by atoms with Crippen LogP contribution >= 0.6 is 0 Å². The van der Waals surface area contributed by atoms with Gasteiger partial charge in [-0.15, -0.1) is 0 Å². The van der Waals surface area contributed by atoms with Gasteiger partial charge in [-0.25, -0.2) is 0 Å². The van der Waals surface area contributed by atoms with Gasteiger partial charge in [-0.1, -0.05) is 238 Å². The number of rotatable bonds is 54. The maximum Gasteiger partial charge on any atom is 0.220 e. The number of carbonyl (C=O) groups is 1. The highest BCUT2D eigenvalue weighted by atomic mass is 16.8. The molecule has 0 radical (unpaired) electrons. The molecule has 3 saturated heterocycles. The third-order valence-corrected chi connectivity index (χ3v) is 17.2. The molecule has 0 aliphatic carbocycles. The van der Waals surface area contributed by atoms with Crippen LogP contribution in [0.3, 0.4) is 0 Å². The SMILES string of the molecule is CC/C=C\C/C=C\C/C=C\C/C=C\C/C=C\C/C=C\C/C=C\C/C=C\CCCCCCC(=O)NC(COC1OC(CO)C(OC2OC(CO)C(OC3OC(CO)C(O)C(O)C3O)C(O)C2O)C(O)C1O)C(O)/C=C/CC/C=C/CCCCCCCCCCCCCCCCC. The Kier molecular flexibility index (Phi) is 50.3. The molecule has 3 rings (SSSR count). The second kappa shape index (κ2) is 56.0. The van der Waals surface area contributed by atoms with Crippen molar-refractivity contribution in [3.8, 4) is 0 Å². The third kappa shape index (κ3) is 37.3. The van der Waals surface area contributed by atoms with E-state index in [1.807, 2.05) is 6.08 Å². The van der Waals surface area contributed by atoms with Gasteiger partial charge in [-0.3, -0.25) is 4.79 Å². The van der Waals surface area contributed by atoms with Gasteiger partial charge < -0.3 is 89.9 Å². The number of hydrogen-bond acceptors (Lipinski definition) is 18. The maximum atomic E-state index is 13.4. The molecule has 19 heteroatoms. The summed E-state index contributed by atoms with van der Waals surface area (Å²) >= 11 is 0. The first kappa shape index (κ1) is 85.4. The number of unbranched alkanes of at least 4 members (excludes halogenated alkanes) is 20. The predicted molar refractivity (Wildman–Crippen MR) is 373 cm³/mol. The molecule has 0 saturated carbocycles. The van der Waals surface area contributed by atoms with E-state index in [4.69, 9.17) is 28.4 Å². The molecular weight excluding hydrogens is 1210 g/mol. The van der Waals surface area contributed by atoms with Crippen LogP contribution in [0.25, 0.3) is 0 Å². The van der Waals surface area contributed by atoms with Gasteiger partial charge in [-0.2, -0.15) is 0 Å². The van der Waals surface area contributed by atoms with Crippen LogP contribution in [0.4, 0.5) is 0 Å². The molecule has 0 aromatic carbocycles. The number of ether oxygens (including phenoxy) is 6. The number of nitrogens with one attached hydrogen (secondary N) is 1. The van der Waals surface area contributed by atoms with Crippen molar-refractivity contribution in [3.63, 3.8) is 0 Å². The van der Waals surface area contributed by atoms with Crippen LogP contribution in [0.1, 0.15) is 219 Å². The molecule has 0 bridgehead atoms. The van der Waals surface area contributed by atoms with E-state index >= 15 is 0 Å². The van der Waals surface area contributed by atoms with E-state index in [0.29, 0.717) is 12.8 Å². The van der Waals surface area contributed by atoms with Crippen LogP contribution in [0, 0.1) is 0 Å². The summed E-state index contributed by atoms with van der Waals surface area (Å²) in [5.74, 6) is -0.314. The average Bonchev–Trinajstić information content (AvgIpc) is 0.786. The van der Waals surface area contributed by atoms with Crippen LogP contribution < -0.4 is 5.32 Å². The van der Waals surface area contributed by atoms with E-state index in [1.165, 1.54) is 89.9 Å². The first-order valence-electron chi connectivity index (χ1n) is 36.3. The fourth-order valence-electron chi connectivity index (χ4n) is 11.4. The fraction of sp³-hybridized carbons (Fsp3) is 0.724. The summed E-state index contributed by atoms with van der Waals surface area (Å²) in [5, 5.41) is 121. The minimum Gasteiger partial charge on any atom is -0.394 e. The lowest BCUT2D eigenvalue weighted by molar-refractivity contribution is -0.379. The molecule has 17 atom stereocenters. The molecule has 95 heavy (non-hydrogen) atoms. The van der Waals surface area contributed by atoms with E-state index in [9.17, 15) is 61.0 Å². The standard InChI is InChI=1S/C76H127NO18/c1-3-5-7-9-11-13-15-17-19-21-23-25-26-27-28-29-30-31-32-34-36-38-40-42-44-46-48-50-52-54-64(82)77-59(60(81)53-51-49-47-45-43-41-39-37-35-33-24-22-20-18-16-14-12-10-8-6-4-2)58-90-74-70(88)67(85)72(62(56-79)92-74)95-76-71(89)68(86)73(63(57-80)93-76)94-75-69(87)66(84)65(83)61(55-78)91-75/h5,7,11,13,17,19,23,25,27-28,30-31,34,36,40,42-43,45,51,53,59-63,65-76,78-81,83-89H,3-4,6,8-10,12,14-16,18,20-22,24,26,29,32-33,35,37-39,41,44,46-50,52,54-58H2,1-2H3,(H,77,82)/b7-5-,13-11-,19-17-,25-23-,28-27-,31-30-,36-34-,42-40-,45-43+,53-51+. The monoisotopic (exact) mass is 1340 g/mol. The number of amides is 1. The molecule has 544 valence electrons. The van der Waals surface area contributed by atoms with Crippen molar-refractivity contribution in [1.29, 1.82) is 0 Å². The van der Waals surface area contributed by atoms with Gasteiger partial charge in [0.2, 0.25) is 5.91 Å². The first-order chi connectivity index (χ1) is 46.3. The van der Waals surface area contributed by atoms with Crippen LogP contribution in [0.2, 0.25) is 0 Å². The molecule has 17 unspecified atom stereocenters. The summed E-state index contributed by atoms with van der Waals surface area (Å²) in [7, 11) is 0. The smallest absolute Gasteiger partial charge is 0.220 e. The highest BCUT2D eigenvalue weighted by Gasteiger charge is 2.53. The van der Waals surface area contributed by atoms with Crippen molar-refractivity contribution in [1.82, 2.24) is 5.32 Å². The molecule has 0 spiro atoms. The number of allylic oxidation sites excluding steroid dienone is 19. The van der Waals surface area contributed by atoms with E-state index in [0.717, 1.165) is 96.3 Å². The second-order valence-electron chi connectivity index (χ2n) is 25.3. The van der Waals surface area contributed by atoms with Crippen molar-refractivity contribution in [2.75, 3.05) is 26.4 Å². The van der Waals surface area contributed by atoms with Crippen LogP contribution in [-0.2, 0) is 33.2 Å². The van der Waals surface area contributed by atoms with Crippen molar-refractivity contribution in [2.24, 2.45) is 0 Å². The molecule has 1 amide bonds. The van der Waals surface area contributed by atoms with Gasteiger partial charge in [0.1, 0.15) is 73.2 Å². The fourth-order valence-corrected chi connectivity index (χ4v) is 11.4. The van der Waals surface area contributed by atoms with Gasteiger partial charge in [0.05, 0.1) is 38.6 Å². The average molecular weight is 1340 g/mol. The molecule has 0 aromatic heterocycles. The second-order valence-corrected chi connectivity index (χ2v) is 25.3. The Balaban J connectivity index is 1.45. The number of carbonyl (C=O) groups excluding carboxylic acids is 1. The Morgan fingerprint density at radius 3 is 1.18 bits per heavy atom. The first-order valence-corrected chi connectivity index (χ1v) is 36.3. The maximum absolute atomic E-state index is 13.4. The highest BCUT2D eigenvalue weighted by molar-refractivity contribution is 5.76. The van der Waals surface area contributed by atoms with Gasteiger partial charge in [-0.05, 0) is 96.3 Å². The topological polar surface area (TPSA) is 307 Å². The Morgan fingerprint density at radius 2 is 0.737 bits per heavy atom. The number of aliphatic hydroxyl groups is 11. The highest BCUT2D eigenvalue weighted by Crippen LogP contribution is 2.33. The summed E-state index contributed by atoms with van der Waals surface area (Å²) in [4.78, 5) is 13.4. The zero-order valence-electron chi connectivity index (χ0n) is 57.6. The molecule has 19 nitrogen and oxygen atoms in total. The Morgan fingerprint density at radius 1 is 0.389 bits per heavy atom. The van der Waals surface area contributed by atoms with E-state index in [-0.39, 0.29) is 18.9 Å². The Labute approximate surface area is 569 Å². The van der Waals surface area contributed by atoms with Gasteiger partial charge in [0.15, 0.2) is 18.9 Å². The number of hydrogen-bond donors (Lipinski definition) is 12. The lowest BCUT2D eigenvalue weighted by Crippen LogP contribution is -2.66. The lowest BCUT2D eigenvalue weighted by atomic mass is 9.96. The summed E-state index contributed by atoms with van der Waals surface area (Å²) < 4.78 is 34.3. The van der Waals surface area contributed by atoms with Gasteiger partial charge >= 0.3 is 0 Å². The molecule has 3 aliphatic rings. The third-order valence-electron chi connectivity index (χ3n) is 17.2. The summed E-state index contributed by atoms with van der Waals surface area (Å²) in [6.45, 7) is 1.57. The molecule has 12 N–H and O–H groups in total. The van der Waals surface area contributed by atoms with E-state index in [1.54, 1.807) is 6.08 Å². The summed E-state index contributed by atoms with van der Waals surface area (Å²) in [5.41, 5.74) is 0. The zero-order chi connectivity index (χ0) is 68.9. The minimum atomic E-state index is -1.99. The van der Waals surface area contributed by atoms with E-state index in [2.05, 4.69) is 129 Å². The Bertz CT molecular complexity index is 2190. The van der Waals surface area contributed by atoms with Crippen LogP contribution in [0.5, 0.6) is 0 Å². The largest absolute Gasteiger partial charge is 0.394 e. The van der Waals surface area contributed by atoms with E-state index < -0.39 is 124 Å². The summed E-state index contributed by atoms with van der Waals surface area (Å²) in [6, 6.07) is -1.01.